The predicted octanol–water partition coefficient (Wildman–Crippen LogP) is 1.49. The monoisotopic (exact) mass is 278 g/mol. The zero-order valence-electron chi connectivity index (χ0n) is 10.8. The van der Waals surface area contributed by atoms with Crippen LogP contribution in [-0.2, 0) is 0 Å². The summed E-state index contributed by atoms with van der Waals surface area (Å²) in [6, 6.07) is 10.6. The number of fused-ring (bicyclic) bond motifs is 2. The van der Waals surface area contributed by atoms with Crippen molar-refractivity contribution in [2.45, 2.75) is 0 Å². The van der Waals surface area contributed by atoms with Crippen LogP contribution in [0, 0.1) is 0 Å². The average Bonchev–Trinajstić information content (AvgIpc) is 3.00. The lowest BCUT2D eigenvalue weighted by atomic mass is 10.1. The van der Waals surface area contributed by atoms with Crippen LogP contribution in [0.4, 0.5) is 5.69 Å². The van der Waals surface area contributed by atoms with E-state index < -0.39 is 0 Å². The van der Waals surface area contributed by atoms with Crippen molar-refractivity contribution < 1.29 is 9.59 Å². The highest BCUT2D eigenvalue weighted by atomic mass is 16.2. The van der Waals surface area contributed by atoms with Crippen molar-refractivity contribution in [1.82, 2.24) is 14.9 Å². The number of carbonyl (C=O) groups excluding carboxylic acids is 2. The molecule has 0 unspecified atom stereocenters. The van der Waals surface area contributed by atoms with Crippen molar-refractivity contribution in [3.63, 3.8) is 0 Å². The highest BCUT2D eigenvalue weighted by Gasteiger charge is 2.26. The van der Waals surface area contributed by atoms with Gasteiger partial charge in [0.05, 0.1) is 22.2 Å². The Labute approximate surface area is 119 Å². The number of benzene rings is 2. The fourth-order valence-corrected chi connectivity index (χ4v) is 2.54. The van der Waals surface area contributed by atoms with Crippen molar-refractivity contribution in [1.29, 1.82) is 0 Å². The van der Waals surface area contributed by atoms with E-state index in [1.54, 1.807) is 36.7 Å². The molecule has 3 N–H and O–H groups in total. The van der Waals surface area contributed by atoms with Crippen LogP contribution in [0.1, 0.15) is 20.7 Å². The molecule has 0 aliphatic carbocycles. The summed E-state index contributed by atoms with van der Waals surface area (Å²) in [5.74, 6) is -0.727. The second-order valence-corrected chi connectivity index (χ2v) is 4.88. The van der Waals surface area contributed by atoms with Gasteiger partial charge in [-0.3, -0.25) is 19.5 Å². The molecule has 3 aromatic rings. The van der Waals surface area contributed by atoms with Gasteiger partial charge in [-0.05, 0) is 36.4 Å². The SMILES string of the molecule is Nc1ccc2c(c1)ncn2-c1ccc2c(c1)C(=O)NC2=O. The molecule has 21 heavy (non-hydrogen) atoms. The summed E-state index contributed by atoms with van der Waals surface area (Å²) < 4.78 is 1.85. The van der Waals surface area contributed by atoms with Crippen LogP contribution in [0.5, 0.6) is 0 Å². The average molecular weight is 278 g/mol. The lowest BCUT2D eigenvalue weighted by molar-refractivity contribution is 0.0879. The Morgan fingerprint density at radius 2 is 1.81 bits per heavy atom. The fourth-order valence-electron chi connectivity index (χ4n) is 2.54. The molecule has 4 rings (SSSR count). The van der Waals surface area contributed by atoms with Gasteiger partial charge in [0, 0.05) is 11.4 Å². The van der Waals surface area contributed by atoms with Gasteiger partial charge in [0.15, 0.2) is 0 Å². The molecule has 0 saturated heterocycles. The van der Waals surface area contributed by atoms with Gasteiger partial charge in [0.2, 0.25) is 0 Å². The molecule has 0 radical (unpaired) electrons. The van der Waals surface area contributed by atoms with E-state index in [4.69, 9.17) is 5.73 Å². The minimum absolute atomic E-state index is 0.357. The van der Waals surface area contributed by atoms with Crippen LogP contribution in [0.15, 0.2) is 42.7 Å². The van der Waals surface area contributed by atoms with Gasteiger partial charge in [-0.15, -0.1) is 0 Å². The maximum absolute atomic E-state index is 11.7. The maximum Gasteiger partial charge on any atom is 0.259 e. The Kier molecular flexibility index (Phi) is 2.18. The van der Waals surface area contributed by atoms with E-state index >= 15 is 0 Å². The van der Waals surface area contributed by atoms with E-state index in [9.17, 15) is 9.59 Å². The second-order valence-electron chi connectivity index (χ2n) is 4.88. The quantitative estimate of drug-likeness (QED) is 0.521. The van der Waals surface area contributed by atoms with E-state index in [1.165, 1.54) is 0 Å². The van der Waals surface area contributed by atoms with Gasteiger partial charge in [-0.25, -0.2) is 4.98 Å². The number of anilines is 1. The van der Waals surface area contributed by atoms with Crippen LogP contribution in [0.2, 0.25) is 0 Å². The lowest BCUT2D eigenvalue weighted by Gasteiger charge is -2.05. The third-order valence-electron chi connectivity index (χ3n) is 3.57. The van der Waals surface area contributed by atoms with Crippen molar-refractivity contribution in [3.05, 3.63) is 53.9 Å². The molecule has 0 saturated carbocycles. The number of hydrogen-bond acceptors (Lipinski definition) is 4. The van der Waals surface area contributed by atoms with E-state index in [2.05, 4.69) is 10.3 Å². The Bertz CT molecular complexity index is 927. The fraction of sp³-hybridized carbons (Fsp3) is 0. The summed E-state index contributed by atoms with van der Waals surface area (Å²) in [6.07, 6.45) is 1.67. The summed E-state index contributed by atoms with van der Waals surface area (Å²) in [6.45, 7) is 0. The highest BCUT2D eigenvalue weighted by Crippen LogP contribution is 2.24. The summed E-state index contributed by atoms with van der Waals surface area (Å²) >= 11 is 0. The number of aromatic nitrogens is 2. The molecule has 6 heteroatoms. The van der Waals surface area contributed by atoms with Gasteiger partial charge in [0.25, 0.3) is 11.8 Å². The number of nitrogens with two attached hydrogens (primary N) is 1. The molecule has 102 valence electrons. The standard InChI is InChI=1S/C15H10N4O2/c16-8-1-4-13-12(5-8)17-7-19(13)9-2-3-10-11(6-9)15(21)18-14(10)20/h1-7H,16H2,(H,18,20,21). The Balaban J connectivity index is 1.92. The summed E-state index contributed by atoms with van der Waals surface area (Å²) in [5.41, 5.74) is 9.60. The first kappa shape index (κ1) is 11.7. The minimum Gasteiger partial charge on any atom is -0.399 e. The minimum atomic E-state index is -0.370. The number of nitrogens with one attached hydrogen (secondary N) is 1. The number of imidazole rings is 1. The largest absolute Gasteiger partial charge is 0.399 e. The number of carbonyl (C=O) groups is 2. The second kappa shape index (κ2) is 3.92. The molecule has 6 nitrogen and oxygen atoms in total. The number of nitrogen functional groups attached to an aromatic ring is 1. The van der Waals surface area contributed by atoms with Gasteiger partial charge in [-0.1, -0.05) is 0 Å². The molecule has 1 aliphatic rings. The molecule has 0 atom stereocenters. The molecule has 0 bridgehead atoms. The van der Waals surface area contributed by atoms with Crippen molar-refractivity contribution in [2.24, 2.45) is 0 Å². The zero-order valence-corrected chi connectivity index (χ0v) is 10.8. The van der Waals surface area contributed by atoms with E-state index in [0.717, 1.165) is 16.7 Å². The number of nitrogens with zero attached hydrogens (tertiary/aromatic N) is 2. The first-order valence-corrected chi connectivity index (χ1v) is 6.36. The highest BCUT2D eigenvalue weighted by molar-refractivity contribution is 6.21. The van der Waals surface area contributed by atoms with Crippen molar-refractivity contribution >= 4 is 28.5 Å². The summed E-state index contributed by atoms with van der Waals surface area (Å²) in [4.78, 5) is 27.6. The van der Waals surface area contributed by atoms with E-state index in [1.807, 2.05) is 10.6 Å². The van der Waals surface area contributed by atoms with Crippen molar-refractivity contribution in [2.75, 3.05) is 5.73 Å². The summed E-state index contributed by atoms with van der Waals surface area (Å²) in [7, 11) is 0. The number of amides is 2. The number of imide groups is 1. The first-order valence-electron chi connectivity index (χ1n) is 6.36. The first-order chi connectivity index (χ1) is 10.1. The Morgan fingerprint density at radius 1 is 1.00 bits per heavy atom. The summed E-state index contributed by atoms with van der Waals surface area (Å²) in [5, 5.41) is 2.28. The predicted molar refractivity (Wildman–Crippen MR) is 77.3 cm³/mol. The molecule has 2 amide bonds. The lowest BCUT2D eigenvalue weighted by Crippen LogP contribution is -2.19. The van der Waals surface area contributed by atoms with Crippen LogP contribution < -0.4 is 11.1 Å². The molecule has 2 heterocycles. The van der Waals surface area contributed by atoms with E-state index in [-0.39, 0.29) is 11.8 Å². The topological polar surface area (TPSA) is 90.0 Å². The van der Waals surface area contributed by atoms with Crippen LogP contribution in [0.25, 0.3) is 16.7 Å². The third-order valence-corrected chi connectivity index (χ3v) is 3.57. The van der Waals surface area contributed by atoms with E-state index in [0.29, 0.717) is 16.8 Å². The molecule has 2 aromatic carbocycles. The van der Waals surface area contributed by atoms with Crippen LogP contribution in [0.3, 0.4) is 0 Å². The zero-order chi connectivity index (χ0) is 14.6. The molecule has 1 aromatic heterocycles. The van der Waals surface area contributed by atoms with Crippen LogP contribution in [-0.4, -0.2) is 21.4 Å². The van der Waals surface area contributed by atoms with Gasteiger partial charge >= 0.3 is 0 Å². The molecular weight excluding hydrogens is 268 g/mol. The third kappa shape index (κ3) is 1.62. The molecule has 0 spiro atoms. The molecule has 1 aliphatic heterocycles. The number of rotatable bonds is 1. The normalized spacial score (nSPS) is 13.5. The van der Waals surface area contributed by atoms with Gasteiger partial charge in [-0.2, -0.15) is 0 Å². The maximum atomic E-state index is 11.7. The smallest absolute Gasteiger partial charge is 0.259 e. The molecule has 0 fully saturated rings. The van der Waals surface area contributed by atoms with Gasteiger partial charge in [0.1, 0.15) is 6.33 Å². The number of hydrogen-bond donors (Lipinski definition) is 2. The Morgan fingerprint density at radius 3 is 2.67 bits per heavy atom. The van der Waals surface area contributed by atoms with Gasteiger partial charge < -0.3 is 5.73 Å². The van der Waals surface area contributed by atoms with Crippen molar-refractivity contribution in [3.8, 4) is 5.69 Å². The Hall–Kier alpha value is -3.15. The van der Waals surface area contributed by atoms with Crippen LogP contribution >= 0.6 is 0 Å². The molecular formula is C15H10N4O2.